The molecule has 0 aliphatic rings. The first-order chi connectivity index (χ1) is 7.18. The van der Waals surface area contributed by atoms with Gasteiger partial charge in [0.1, 0.15) is 24.0 Å². The van der Waals surface area contributed by atoms with Crippen LogP contribution in [0.15, 0.2) is 30.9 Å². The van der Waals surface area contributed by atoms with Crippen LogP contribution in [-0.4, -0.2) is 30.9 Å². The minimum absolute atomic E-state index is 0.152. The Bertz CT molecular complexity index is 493. The van der Waals surface area contributed by atoms with Crippen molar-refractivity contribution in [1.82, 2.24) is 14.8 Å². The van der Waals surface area contributed by atoms with E-state index < -0.39 is 5.97 Å². The van der Waals surface area contributed by atoms with Crippen molar-refractivity contribution in [3.8, 4) is 11.4 Å². The molecule has 76 valence electrons. The first-order valence-corrected chi connectivity index (χ1v) is 4.10. The Morgan fingerprint density at radius 2 is 1.93 bits per heavy atom. The quantitative estimate of drug-likeness (QED) is 0.752. The Morgan fingerprint density at radius 1 is 1.27 bits per heavy atom. The molecule has 0 aliphatic heterocycles. The Labute approximate surface area is 84.4 Å². The van der Waals surface area contributed by atoms with E-state index in [9.17, 15) is 9.90 Å². The van der Waals surface area contributed by atoms with Gasteiger partial charge in [-0.1, -0.05) is 0 Å². The van der Waals surface area contributed by atoms with Crippen LogP contribution in [0.3, 0.4) is 0 Å². The van der Waals surface area contributed by atoms with Crippen molar-refractivity contribution in [2.45, 2.75) is 0 Å². The molecule has 0 radical (unpaired) electrons. The fourth-order valence-corrected chi connectivity index (χ4v) is 1.19. The molecule has 0 saturated carbocycles. The maximum Gasteiger partial charge on any atom is 0.339 e. The fraction of sp³-hybridized carbons (Fsp3) is 0. The Kier molecular flexibility index (Phi) is 2.09. The molecule has 0 bridgehead atoms. The third-order valence-corrected chi connectivity index (χ3v) is 1.93. The lowest BCUT2D eigenvalue weighted by Gasteiger charge is -2.04. The number of aromatic nitrogens is 3. The SMILES string of the molecule is O=C(O)c1cc(-n2cnnc2)ccc1O. The number of rotatable bonds is 2. The van der Waals surface area contributed by atoms with E-state index in [0.717, 1.165) is 0 Å². The van der Waals surface area contributed by atoms with Crippen molar-refractivity contribution >= 4 is 5.97 Å². The zero-order valence-corrected chi connectivity index (χ0v) is 7.53. The summed E-state index contributed by atoms with van der Waals surface area (Å²) in [6.45, 7) is 0. The summed E-state index contributed by atoms with van der Waals surface area (Å²) >= 11 is 0. The highest BCUT2D eigenvalue weighted by Gasteiger charge is 2.10. The summed E-state index contributed by atoms with van der Waals surface area (Å²) in [7, 11) is 0. The van der Waals surface area contributed by atoms with Crippen LogP contribution in [-0.2, 0) is 0 Å². The van der Waals surface area contributed by atoms with Gasteiger partial charge in [0.25, 0.3) is 0 Å². The largest absolute Gasteiger partial charge is 0.507 e. The highest BCUT2D eigenvalue weighted by molar-refractivity contribution is 5.91. The Hall–Kier alpha value is -2.37. The number of carbonyl (C=O) groups is 1. The predicted octanol–water partition coefficient (Wildman–Crippen LogP) is 0.671. The van der Waals surface area contributed by atoms with E-state index in [0.29, 0.717) is 5.69 Å². The maximum absolute atomic E-state index is 10.7. The van der Waals surface area contributed by atoms with Crippen LogP contribution in [0.1, 0.15) is 10.4 Å². The van der Waals surface area contributed by atoms with Crippen molar-refractivity contribution in [3.63, 3.8) is 0 Å². The summed E-state index contributed by atoms with van der Waals surface area (Å²) in [4.78, 5) is 10.7. The minimum Gasteiger partial charge on any atom is -0.507 e. The lowest BCUT2D eigenvalue weighted by Crippen LogP contribution is -1.99. The number of carboxylic acids is 1. The number of hydrogen-bond acceptors (Lipinski definition) is 4. The molecule has 0 amide bonds. The van der Waals surface area contributed by atoms with Crippen LogP contribution < -0.4 is 0 Å². The summed E-state index contributed by atoms with van der Waals surface area (Å²) in [5, 5.41) is 25.3. The van der Waals surface area contributed by atoms with Gasteiger partial charge in [0, 0.05) is 5.69 Å². The lowest BCUT2D eigenvalue weighted by atomic mass is 10.2. The highest BCUT2D eigenvalue weighted by Crippen LogP contribution is 2.20. The molecule has 2 N–H and O–H groups in total. The van der Waals surface area contributed by atoms with Gasteiger partial charge in [0.2, 0.25) is 0 Å². The van der Waals surface area contributed by atoms with E-state index in [1.807, 2.05) is 0 Å². The van der Waals surface area contributed by atoms with Crippen LogP contribution in [0.2, 0.25) is 0 Å². The second-order valence-corrected chi connectivity index (χ2v) is 2.88. The summed E-state index contributed by atoms with van der Waals surface area (Å²) in [5.41, 5.74) is 0.427. The fourth-order valence-electron chi connectivity index (χ4n) is 1.19. The van der Waals surface area contributed by atoms with Crippen LogP contribution in [0, 0.1) is 0 Å². The molecule has 1 heterocycles. The second-order valence-electron chi connectivity index (χ2n) is 2.88. The van der Waals surface area contributed by atoms with Crippen molar-refractivity contribution in [2.24, 2.45) is 0 Å². The van der Waals surface area contributed by atoms with Crippen LogP contribution in [0.4, 0.5) is 0 Å². The molecule has 0 unspecified atom stereocenters. The number of carboxylic acid groups (broad SMARTS) is 1. The molecule has 0 aliphatic carbocycles. The van der Waals surface area contributed by atoms with E-state index in [-0.39, 0.29) is 11.3 Å². The predicted molar refractivity (Wildman–Crippen MR) is 50.0 cm³/mol. The third-order valence-electron chi connectivity index (χ3n) is 1.93. The molecule has 0 spiro atoms. The molecule has 1 aromatic heterocycles. The molecule has 15 heavy (non-hydrogen) atoms. The molecule has 1 aromatic carbocycles. The van der Waals surface area contributed by atoms with Gasteiger partial charge >= 0.3 is 5.97 Å². The van der Waals surface area contributed by atoms with Crippen LogP contribution >= 0.6 is 0 Å². The van der Waals surface area contributed by atoms with E-state index >= 15 is 0 Å². The van der Waals surface area contributed by atoms with Crippen molar-refractivity contribution in [2.75, 3.05) is 0 Å². The normalized spacial score (nSPS) is 10.1. The van der Waals surface area contributed by atoms with Gasteiger partial charge in [-0.3, -0.25) is 4.57 Å². The van der Waals surface area contributed by atoms with E-state index in [4.69, 9.17) is 5.11 Å². The number of aromatic hydroxyl groups is 1. The summed E-state index contributed by atoms with van der Waals surface area (Å²) in [5.74, 6) is -1.44. The molecule has 6 heteroatoms. The zero-order chi connectivity index (χ0) is 10.8. The molecule has 0 fully saturated rings. The van der Waals surface area contributed by atoms with Gasteiger partial charge in [-0.15, -0.1) is 10.2 Å². The second kappa shape index (κ2) is 3.41. The Morgan fingerprint density at radius 3 is 2.53 bits per heavy atom. The number of aromatic carboxylic acids is 1. The smallest absolute Gasteiger partial charge is 0.339 e. The first kappa shape index (κ1) is 9.20. The van der Waals surface area contributed by atoms with Gasteiger partial charge in [-0.05, 0) is 18.2 Å². The van der Waals surface area contributed by atoms with Gasteiger partial charge < -0.3 is 10.2 Å². The van der Waals surface area contributed by atoms with Crippen LogP contribution in [0.25, 0.3) is 5.69 Å². The number of hydrogen-bond donors (Lipinski definition) is 2. The minimum atomic E-state index is -1.18. The average molecular weight is 205 g/mol. The molecular formula is C9H7N3O3. The standard InChI is InChI=1S/C9H7N3O3/c13-8-2-1-6(3-7(8)9(14)15)12-4-10-11-5-12/h1-5,13H,(H,14,15). The van der Waals surface area contributed by atoms with E-state index in [1.54, 1.807) is 10.6 Å². The number of phenols is 1. The number of benzene rings is 1. The zero-order valence-electron chi connectivity index (χ0n) is 7.53. The topological polar surface area (TPSA) is 88.2 Å². The molecule has 0 saturated heterocycles. The van der Waals surface area contributed by atoms with E-state index in [1.165, 1.54) is 24.8 Å². The first-order valence-electron chi connectivity index (χ1n) is 4.10. The molecule has 0 atom stereocenters. The van der Waals surface area contributed by atoms with Gasteiger partial charge in [-0.2, -0.15) is 0 Å². The van der Waals surface area contributed by atoms with Gasteiger partial charge in [0.15, 0.2) is 0 Å². The van der Waals surface area contributed by atoms with Crippen molar-refractivity contribution in [1.29, 1.82) is 0 Å². The monoisotopic (exact) mass is 205 g/mol. The molecular weight excluding hydrogens is 198 g/mol. The molecule has 2 aromatic rings. The lowest BCUT2D eigenvalue weighted by molar-refractivity contribution is 0.0693. The van der Waals surface area contributed by atoms with Crippen LogP contribution in [0.5, 0.6) is 5.75 Å². The molecule has 6 nitrogen and oxygen atoms in total. The third kappa shape index (κ3) is 1.64. The number of nitrogens with zero attached hydrogens (tertiary/aromatic N) is 3. The maximum atomic E-state index is 10.7. The van der Waals surface area contributed by atoms with Gasteiger partial charge in [0.05, 0.1) is 0 Å². The van der Waals surface area contributed by atoms with Crippen molar-refractivity contribution < 1.29 is 15.0 Å². The molecule has 2 rings (SSSR count). The average Bonchev–Trinajstić information content (AvgIpc) is 2.71. The summed E-state index contributed by atoms with van der Waals surface area (Å²) < 4.78 is 1.55. The van der Waals surface area contributed by atoms with Crippen molar-refractivity contribution in [3.05, 3.63) is 36.4 Å². The van der Waals surface area contributed by atoms with E-state index in [2.05, 4.69) is 10.2 Å². The van der Waals surface area contributed by atoms with Gasteiger partial charge in [-0.25, -0.2) is 4.79 Å². The summed E-state index contributed by atoms with van der Waals surface area (Å²) in [6.07, 6.45) is 2.88. The highest BCUT2D eigenvalue weighted by atomic mass is 16.4. The Balaban J connectivity index is 2.52. The summed E-state index contributed by atoms with van der Waals surface area (Å²) in [6, 6.07) is 4.24.